The first kappa shape index (κ1) is 20.6. The Morgan fingerprint density at radius 2 is 1.82 bits per heavy atom. The zero-order chi connectivity index (χ0) is 20.7. The van der Waals surface area contributed by atoms with Crippen LogP contribution in [0.4, 0.5) is 17.1 Å². The molecule has 2 aromatic rings. The standard InChI is InChI=1S/C19H21N5O4/c1-13(2)21-18(25)19(26)22-20-12-14-9-10-16(17(11-14)24(27)28)23(3)15-7-5-4-6-8-15/h4-13H,1-3H3,(H,21,25)(H,22,26)/b20-12-. The van der Waals surface area contributed by atoms with Crippen molar-refractivity contribution in [2.75, 3.05) is 11.9 Å². The van der Waals surface area contributed by atoms with Crippen molar-refractivity contribution in [3.63, 3.8) is 0 Å². The van der Waals surface area contributed by atoms with E-state index in [0.717, 1.165) is 5.69 Å². The van der Waals surface area contributed by atoms with Crippen molar-refractivity contribution in [2.45, 2.75) is 19.9 Å². The maximum absolute atomic E-state index is 11.6. The van der Waals surface area contributed by atoms with Gasteiger partial charge in [0, 0.05) is 30.4 Å². The van der Waals surface area contributed by atoms with Crippen LogP contribution >= 0.6 is 0 Å². The molecule has 0 heterocycles. The molecule has 28 heavy (non-hydrogen) atoms. The number of hydrogen-bond donors (Lipinski definition) is 2. The van der Waals surface area contributed by atoms with Gasteiger partial charge < -0.3 is 10.2 Å². The van der Waals surface area contributed by atoms with Crippen molar-refractivity contribution < 1.29 is 14.5 Å². The lowest BCUT2D eigenvalue weighted by Crippen LogP contribution is -2.41. The predicted octanol–water partition coefficient (Wildman–Crippen LogP) is 2.34. The Labute approximate surface area is 162 Å². The van der Waals surface area contributed by atoms with E-state index in [1.807, 2.05) is 30.3 Å². The van der Waals surface area contributed by atoms with Crippen molar-refractivity contribution >= 4 is 35.1 Å². The van der Waals surface area contributed by atoms with Gasteiger partial charge in [0.05, 0.1) is 11.1 Å². The highest BCUT2D eigenvalue weighted by molar-refractivity contribution is 6.35. The number of hydrazone groups is 1. The SMILES string of the molecule is CC(C)NC(=O)C(=O)N/N=C\c1ccc(N(C)c2ccccc2)c([N+](=O)[O-])c1. The topological polar surface area (TPSA) is 117 Å². The number of hydrogen-bond acceptors (Lipinski definition) is 6. The number of nitro benzene ring substituents is 1. The van der Waals surface area contributed by atoms with Gasteiger partial charge in [-0.25, -0.2) is 5.43 Å². The summed E-state index contributed by atoms with van der Waals surface area (Å²) in [5, 5.41) is 17.6. The van der Waals surface area contributed by atoms with E-state index in [-0.39, 0.29) is 11.7 Å². The van der Waals surface area contributed by atoms with Gasteiger partial charge in [-0.3, -0.25) is 19.7 Å². The number of carbonyl (C=O) groups is 2. The molecule has 0 atom stereocenters. The number of nitrogens with one attached hydrogen (secondary N) is 2. The Hall–Kier alpha value is -3.75. The molecule has 0 bridgehead atoms. The summed E-state index contributed by atoms with van der Waals surface area (Å²) in [7, 11) is 1.74. The van der Waals surface area contributed by atoms with Crippen LogP contribution in [0.3, 0.4) is 0 Å². The van der Waals surface area contributed by atoms with E-state index in [1.54, 1.807) is 37.9 Å². The fraction of sp³-hybridized carbons (Fsp3) is 0.211. The molecule has 0 saturated carbocycles. The van der Waals surface area contributed by atoms with Crippen molar-refractivity contribution in [1.82, 2.24) is 10.7 Å². The monoisotopic (exact) mass is 383 g/mol. The van der Waals surface area contributed by atoms with E-state index < -0.39 is 16.7 Å². The molecule has 2 amide bonds. The minimum absolute atomic E-state index is 0.112. The van der Waals surface area contributed by atoms with Crippen LogP contribution in [0.15, 0.2) is 53.6 Å². The van der Waals surface area contributed by atoms with Crippen molar-refractivity contribution in [3.05, 3.63) is 64.2 Å². The Morgan fingerprint density at radius 3 is 2.43 bits per heavy atom. The number of nitro groups is 1. The van der Waals surface area contributed by atoms with E-state index in [0.29, 0.717) is 11.3 Å². The lowest BCUT2D eigenvalue weighted by Gasteiger charge is -2.19. The summed E-state index contributed by atoms with van der Waals surface area (Å²) in [6, 6.07) is 13.6. The number of benzene rings is 2. The highest BCUT2D eigenvalue weighted by atomic mass is 16.6. The molecule has 2 aromatic carbocycles. The second-order valence-electron chi connectivity index (χ2n) is 6.23. The van der Waals surface area contributed by atoms with Gasteiger partial charge in [-0.1, -0.05) is 24.3 Å². The molecule has 0 fully saturated rings. The van der Waals surface area contributed by atoms with Crippen LogP contribution in [0, 0.1) is 10.1 Å². The number of anilines is 2. The van der Waals surface area contributed by atoms with Gasteiger partial charge in [0.25, 0.3) is 5.69 Å². The number of rotatable bonds is 6. The second kappa shape index (κ2) is 9.26. The molecular weight excluding hydrogens is 362 g/mol. The molecule has 9 nitrogen and oxygen atoms in total. The molecule has 0 aliphatic carbocycles. The smallest absolute Gasteiger partial charge is 0.329 e. The average Bonchev–Trinajstić information content (AvgIpc) is 2.67. The summed E-state index contributed by atoms with van der Waals surface area (Å²) >= 11 is 0. The minimum Gasteiger partial charge on any atom is -0.346 e. The van der Waals surface area contributed by atoms with Crippen LogP contribution in [-0.2, 0) is 9.59 Å². The zero-order valence-corrected chi connectivity index (χ0v) is 15.7. The number of carbonyl (C=O) groups excluding carboxylic acids is 2. The highest BCUT2D eigenvalue weighted by Gasteiger charge is 2.19. The first-order chi connectivity index (χ1) is 13.3. The normalized spacial score (nSPS) is 10.7. The van der Waals surface area contributed by atoms with E-state index in [9.17, 15) is 19.7 Å². The molecule has 146 valence electrons. The van der Waals surface area contributed by atoms with E-state index in [2.05, 4.69) is 15.8 Å². The van der Waals surface area contributed by atoms with Gasteiger partial charge in [-0.05, 0) is 32.0 Å². The van der Waals surface area contributed by atoms with Crippen LogP contribution < -0.4 is 15.6 Å². The van der Waals surface area contributed by atoms with Crippen molar-refractivity contribution in [1.29, 1.82) is 0 Å². The van der Waals surface area contributed by atoms with Crippen LogP contribution in [-0.4, -0.2) is 36.0 Å². The van der Waals surface area contributed by atoms with Crippen molar-refractivity contribution in [3.8, 4) is 0 Å². The maximum Gasteiger partial charge on any atom is 0.329 e. The Balaban J connectivity index is 2.17. The third-order valence-corrected chi connectivity index (χ3v) is 3.71. The summed E-state index contributed by atoms with van der Waals surface area (Å²) < 4.78 is 0. The molecule has 0 radical (unpaired) electrons. The molecule has 9 heteroatoms. The molecule has 0 aliphatic heterocycles. The van der Waals surface area contributed by atoms with Gasteiger partial charge in [0.2, 0.25) is 0 Å². The molecule has 2 N–H and O–H groups in total. The Bertz CT molecular complexity index is 896. The van der Waals surface area contributed by atoms with Crippen LogP contribution in [0.5, 0.6) is 0 Å². The highest BCUT2D eigenvalue weighted by Crippen LogP contribution is 2.32. The van der Waals surface area contributed by atoms with E-state index in [4.69, 9.17) is 0 Å². The van der Waals surface area contributed by atoms with E-state index >= 15 is 0 Å². The Kier molecular flexibility index (Phi) is 6.80. The minimum atomic E-state index is -0.917. The summed E-state index contributed by atoms with van der Waals surface area (Å²) in [5.74, 6) is -1.72. The van der Waals surface area contributed by atoms with Crippen LogP contribution in [0.1, 0.15) is 19.4 Å². The summed E-state index contributed by atoms with van der Waals surface area (Å²) in [6.45, 7) is 3.45. The first-order valence-electron chi connectivity index (χ1n) is 8.50. The summed E-state index contributed by atoms with van der Waals surface area (Å²) in [4.78, 5) is 35.8. The molecule has 0 aliphatic rings. The van der Waals surface area contributed by atoms with Gasteiger partial charge in [0.1, 0.15) is 5.69 Å². The van der Waals surface area contributed by atoms with Gasteiger partial charge in [-0.2, -0.15) is 5.10 Å². The zero-order valence-electron chi connectivity index (χ0n) is 15.7. The average molecular weight is 383 g/mol. The Morgan fingerprint density at radius 1 is 1.14 bits per heavy atom. The fourth-order valence-electron chi connectivity index (χ4n) is 2.39. The molecule has 0 aromatic heterocycles. The molecule has 0 spiro atoms. The second-order valence-corrected chi connectivity index (χ2v) is 6.23. The van der Waals surface area contributed by atoms with Gasteiger partial charge >= 0.3 is 11.8 Å². The van der Waals surface area contributed by atoms with Gasteiger partial charge in [-0.15, -0.1) is 0 Å². The summed E-state index contributed by atoms with van der Waals surface area (Å²) in [6.07, 6.45) is 1.24. The molecule has 0 saturated heterocycles. The third-order valence-electron chi connectivity index (χ3n) is 3.71. The van der Waals surface area contributed by atoms with E-state index in [1.165, 1.54) is 12.3 Å². The number of amides is 2. The maximum atomic E-state index is 11.6. The molecule has 0 unspecified atom stereocenters. The first-order valence-corrected chi connectivity index (χ1v) is 8.50. The number of para-hydroxylation sites is 1. The molecule has 2 rings (SSSR count). The molecular formula is C19H21N5O4. The number of nitrogens with zero attached hydrogens (tertiary/aromatic N) is 3. The fourth-order valence-corrected chi connectivity index (χ4v) is 2.39. The lowest BCUT2D eigenvalue weighted by molar-refractivity contribution is -0.384. The quantitative estimate of drug-likeness (QED) is 0.344. The predicted molar refractivity (Wildman–Crippen MR) is 107 cm³/mol. The summed E-state index contributed by atoms with van der Waals surface area (Å²) in [5.41, 5.74) is 3.59. The van der Waals surface area contributed by atoms with Crippen molar-refractivity contribution in [2.24, 2.45) is 5.10 Å². The van der Waals surface area contributed by atoms with Crippen LogP contribution in [0.2, 0.25) is 0 Å². The largest absolute Gasteiger partial charge is 0.346 e. The lowest BCUT2D eigenvalue weighted by atomic mass is 10.1. The van der Waals surface area contributed by atoms with Crippen LogP contribution in [0.25, 0.3) is 0 Å². The van der Waals surface area contributed by atoms with Gasteiger partial charge in [0.15, 0.2) is 0 Å². The third kappa shape index (κ3) is 5.37.